The van der Waals surface area contributed by atoms with E-state index in [4.69, 9.17) is 0 Å². The van der Waals surface area contributed by atoms with Gasteiger partial charge in [0.05, 0.1) is 16.5 Å². The number of amides is 2. The lowest BCUT2D eigenvalue weighted by Crippen LogP contribution is -2.28. The van der Waals surface area contributed by atoms with E-state index in [1.807, 2.05) is 36.4 Å². The maximum Gasteiger partial charge on any atom is 0.264 e. The van der Waals surface area contributed by atoms with Crippen LogP contribution in [0.2, 0.25) is 0 Å². The second-order valence-corrected chi connectivity index (χ2v) is 9.96. The molecule has 1 saturated heterocycles. The SMILES string of the molecule is CN(c1ccccc1)S(=O)(=O)c1cccc(NC(=O)[C@H]2CC(=O)N(Cc3ccccc3)C2)c1. The molecule has 1 heterocycles. The molecule has 0 bridgehead atoms. The van der Waals surface area contributed by atoms with E-state index in [0.717, 1.165) is 5.56 Å². The summed E-state index contributed by atoms with van der Waals surface area (Å²) in [6.45, 7) is 0.789. The average molecular weight is 464 g/mol. The molecule has 7 nitrogen and oxygen atoms in total. The number of anilines is 2. The molecule has 2 amide bonds. The number of para-hydroxylation sites is 1. The number of benzene rings is 3. The van der Waals surface area contributed by atoms with Crippen molar-refractivity contribution in [2.75, 3.05) is 23.2 Å². The van der Waals surface area contributed by atoms with Gasteiger partial charge in [0.2, 0.25) is 11.8 Å². The third-order valence-electron chi connectivity index (χ3n) is 5.68. The quantitative estimate of drug-likeness (QED) is 0.581. The molecular formula is C25H25N3O4S. The maximum absolute atomic E-state index is 13.0. The Morgan fingerprint density at radius 2 is 1.67 bits per heavy atom. The van der Waals surface area contributed by atoms with Gasteiger partial charge in [0.1, 0.15) is 0 Å². The minimum atomic E-state index is -3.80. The predicted octanol–water partition coefficient (Wildman–Crippen LogP) is 3.50. The van der Waals surface area contributed by atoms with Crippen LogP contribution in [0.15, 0.2) is 89.8 Å². The van der Waals surface area contributed by atoms with E-state index < -0.39 is 15.9 Å². The fourth-order valence-electron chi connectivity index (χ4n) is 3.82. The third kappa shape index (κ3) is 5.06. The molecule has 3 aromatic rings. The van der Waals surface area contributed by atoms with Crippen molar-refractivity contribution in [1.82, 2.24) is 4.90 Å². The van der Waals surface area contributed by atoms with Crippen molar-refractivity contribution in [3.8, 4) is 0 Å². The number of hydrogen-bond donors (Lipinski definition) is 1. The second-order valence-electron chi connectivity index (χ2n) is 7.99. The molecule has 0 radical (unpaired) electrons. The molecule has 0 aliphatic carbocycles. The van der Waals surface area contributed by atoms with E-state index in [0.29, 0.717) is 24.5 Å². The molecule has 0 unspecified atom stereocenters. The largest absolute Gasteiger partial charge is 0.338 e. The zero-order valence-electron chi connectivity index (χ0n) is 18.2. The Morgan fingerprint density at radius 3 is 2.36 bits per heavy atom. The van der Waals surface area contributed by atoms with Crippen LogP contribution in [0.4, 0.5) is 11.4 Å². The van der Waals surface area contributed by atoms with Gasteiger partial charge < -0.3 is 10.2 Å². The summed E-state index contributed by atoms with van der Waals surface area (Å²) in [6.07, 6.45) is 0.132. The Kier molecular flexibility index (Phi) is 6.46. The van der Waals surface area contributed by atoms with Crippen LogP contribution < -0.4 is 9.62 Å². The van der Waals surface area contributed by atoms with Gasteiger partial charge in [0.25, 0.3) is 10.0 Å². The van der Waals surface area contributed by atoms with Gasteiger partial charge in [0.15, 0.2) is 0 Å². The van der Waals surface area contributed by atoms with Gasteiger partial charge in [0, 0.05) is 32.2 Å². The van der Waals surface area contributed by atoms with Crippen LogP contribution in [0.1, 0.15) is 12.0 Å². The van der Waals surface area contributed by atoms with Gasteiger partial charge in [-0.1, -0.05) is 54.6 Å². The molecular weight excluding hydrogens is 438 g/mol. The first-order valence-electron chi connectivity index (χ1n) is 10.6. The van der Waals surface area contributed by atoms with Crippen molar-refractivity contribution in [2.24, 2.45) is 5.92 Å². The summed E-state index contributed by atoms with van der Waals surface area (Å²) in [5.41, 5.74) is 1.92. The maximum atomic E-state index is 13.0. The van der Waals surface area contributed by atoms with Crippen LogP contribution in [0.25, 0.3) is 0 Å². The molecule has 1 fully saturated rings. The Bertz CT molecular complexity index is 1250. The highest BCUT2D eigenvalue weighted by atomic mass is 32.2. The highest BCUT2D eigenvalue weighted by Gasteiger charge is 2.34. The highest BCUT2D eigenvalue weighted by Crippen LogP contribution is 2.25. The van der Waals surface area contributed by atoms with Crippen molar-refractivity contribution < 1.29 is 18.0 Å². The minimum Gasteiger partial charge on any atom is -0.338 e. The lowest BCUT2D eigenvalue weighted by atomic mass is 10.1. The summed E-state index contributed by atoms with van der Waals surface area (Å²) in [7, 11) is -2.31. The van der Waals surface area contributed by atoms with Gasteiger partial charge in [-0.15, -0.1) is 0 Å². The zero-order valence-corrected chi connectivity index (χ0v) is 19.0. The Morgan fingerprint density at radius 1 is 1.00 bits per heavy atom. The van der Waals surface area contributed by atoms with Crippen molar-refractivity contribution in [3.05, 3.63) is 90.5 Å². The molecule has 4 rings (SSSR count). The molecule has 1 aliphatic rings. The van der Waals surface area contributed by atoms with Gasteiger partial charge >= 0.3 is 0 Å². The summed E-state index contributed by atoms with van der Waals surface area (Å²) >= 11 is 0. The summed E-state index contributed by atoms with van der Waals surface area (Å²) < 4.78 is 27.3. The number of nitrogens with zero attached hydrogens (tertiary/aromatic N) is 2. The Hall–Kier alpha value is -3.65. The van der Waals surface area contributed by atoms with Crippen LogP contribution >= 0.6 is 0 Å². The van der Waals surface area contributed by atoms with E-state index in [1.54, 1.807) is 41.3 Å². The molecule has 1 N–H and O–H groups in total. The van der Waals surface area contributed by atoms with E-state index in [-0.39, 0.29) is 23.1 Å². The van der Waals surface area contributed by atoms with Crippen LogP contribution in [0.5, 0.6) is 0 Å². The number of sulfonamides is 1. The van der Waals surface area contributed by atoms with E-state index in [2.05, 4.69) is 5.32 Å². The molecule has 33 heavy (non-hydrogen) atoms. The first kappa shape index (κ1) is 22.5. The standard InChI is InChI=1S/C25H25N3O4S/c1-27(22-12-6-3-7-13-22)33(31,32)23-14-8-11-21(16-23)26-25(30)20-15-24(29)28(18-20)17-19-9-4-2-5-10-19/h2-14,16,20H,15,17-18H2,1H3,(H,26,30)/t20-/m0/s1. The highest BCUT2D eigenvalue weighted by molar-refractivity contribution is 7.92. The zero-order chi connectivity index (χ0) is 23.4. The van der Waals surface area contributed by atoms with Crippen LogP contribution in [-0.2, 0) is 26.2 Å². The fraction of sp³-hybridized carbons (Fsp3) is 0.200. The van der Waals surface area contributed by atoms with Crippen molar-refractivity contribution in [2.45, 2.75) is 17.9 Å². The van der Waals surface area contributed by atoms with E-state index in [9.17, 15) is 18.0 Å². The first-order chi connectivity index (χ1) is 15.8. The monoisotopic (exact) mass is 463 g/mol. The Labute approximate surface area is 193 Å². The van der Waals surface area contributed by atoms with Crippen molar-refractivity contribution >= 4 is 33.2 Å². The fourth-order valence-corrected chi connectivity index (χ4v) is 5.06. The normalized spacial score (nSPS) is 16.0. The predicted molar refractivity (Wildman–Crippen MR) is 127 cm³/mol. The molecule has 8 heteroatoms. The molecule has 0 spiro atoms. The van der Waals surface area contributed by atoms with Gasteiger partial charge in [-0.2, -0.15) is 0 Å². The summed E-state index contributed by atoms with van der Waals surface area (Å²) in [5.74, 6) is -0.863. The van der Waals surface area contributed by atoms with Crippen LogP contribution in [0, 0.1) is 5.92 Å². The number of hydrogen-bond acceptors (Lipinski definition) is 4. The van der Waals surface area contributed by atoms with Gasteiger partial charge in [-0.3, -0.25) is 13.9 Å². The molecule has 1 atom stereocenters. The Balaban J connectivity index is 1.44. The lowest BCUT2D eigenvalue weighted by Gasteiger charge is -2.20. The van der Waals surface area contributed by atoms with E-state index in [1.165, 1.54) is 23.5 Å². The topological polar surface area (TPSA) is 86.8 Å². The van der Waals surface area contributed by atoms with Crippen molar-refractivity contribution in [3.63, 3.8) is 0 Å². The van der Waals surface area contributed by atoms with Gasteiger partial charge in [-0.05, 0) is 35.9 Å². The summed E-state index contributed by atoms with van der Waals surface area (Å²) in [5, 5.41) is 2.78. The molecule has 170 valence electrons. The smallest absolute Gasteiger partial charge is 0.264 e. The summed E-state index contributed by atoms with van der Waals surface area (Å²) in [6, 6.07) is 24.5. The minimum absolute atomic E-state index is 0.0693. The molecule has 3 aromatic carbocycles. The first-order valence-corrected chi connectivity index (χ1v) is 12.1. The van der Waals surface area contributed by atoms with Crippen LogP contribution in [0.3, 0.4) is 0 Å². The van der Waals surface area contributed by atoms with E-state index >= 15 is 0 Å². The van der Waals surface area contributed by atoms with Gasteiger partial charge in [-0.25, -0.2) is 8.42 Å². The number of likely N-dealkylation sites (tertiary alicyclic amines) is 1. The number of rotatable bonds is 7. The molecule has 0 saturated carbocycles. The summed E-state index contributed by atoms with van der Waals surface area (Å²) in [4.78, 5) is 27.0. The number of carbonyl (C=O) groups excluding carboxylic acids is 2. The lowest BCUT2D eigenvalue weighted by molar-refractivity contribution is -0.128. The third-order valence-corrected chi connectivity index (χ3v) is 7.46. The van der Waals surface area contributed by atoms with Crippen molar-refractivity contribution in [1.29, 1.82) is 0 Å². The average Bonchev–Trinajstić information content (AvgIpc) is 3.20. The second kappa shape index (κ2) is 9.46. The number of nitrogens with one attached hydrogen (secondary N) is 1. The molecule has 0 aromatic heterocycles. The molecule has 1 aliphatic heterocycles. The van der Waals surface area contributed by atoms with Crippen LogP contribution in [-0.4, -0.2) is 38.7 Å². The number of carbonyl (C=O) groups is 2.